The summed E-state index contributed by atoms with van der Waals surface area (Å²) < 4.78 is 48.6. The fraction of sp³-hybridized carbons (Fsp3) is 0.250. The van der Waals surface area contributed by atoms with Gasteiger partial charge in [0, 0.05) is 50.1 Å². The summed E-state index contributed by atoms with van der Waals surface area (Å²) in [5.41, 5.74) is 0.0529. The van der Waals surface area contributed by atoms with Gasteiger partial charge in [-0.3, -0.25) is 14.4 Å². The molecule has 3 aromatic rings. The summed E-state index contributed by atoms with van der Waals surface area (Å²) in [4.78, 5) is 41.3. The van der Waals surface area contributed by atoms with Crippen LogP contribution in [-0.4, -0.2) is 34.4 Å². The van der Waals surface area contributed by atoms with Crippen molar-refractivity contribution in [3.8, 4) is 5.75 Å². The van der Waals surface area contributed by atoms with Gasteiger partial charge >= 0.3 is 0 Å². The summed E-state index contributed by atoms with van der Waals surface area (Å²) in [6, 6.07) is 9.99. The number of hydrogen-bond donors (Lipinski definition) is 1. The van der Waals surface area contributed by atoms with Crippen LogP contribution in [-0.2, 0) is 19.7 Å². The molecule has 2 amide bonds. The summed E-state index contributed by atoms with van der Waals surface area (Å²) in [6.45, 7) is 4.16. The van der Waals surface area contributed by atoms with Gasteiger partial charge in [-0.25, -0.2) is 13.2 Å². The molecule has 0 atom stereocenters. The minimum absolute atomic E-state index is 0.0199. The summed E-state index contributed by atoms with van der Waals surface area (Å²) >= 11 is 0. The van der Waals surface area contributed by atoms with Crippen molar-refractivity contribution in [3.63, 3.8) is 0 Å². The molecule has 1 aliphatic rings. The van der Waals surface area contributed by atoms with Gasteiger partial charge in [-0.2, -0.15) is 0 Å². The van der Waals surface area contributed by atoms with Gasteiger partial charge < -0.3 is 19.5 Å². The molecule has 0 spiro atoms. The number of amides is 2. The maximum absolute atomic E-state index is 14.0. The molecule has 0 unspecified atom stereocenters. The zero-order chi connectivity index (χ0) is 27.4. The maximum atomic E-state index is 14.0. The van der Waals surface area contributed by atoms with Gasteiger partial charge in [0.05, 0.1) is 0 Å². The number of hydrogen-bond acceptors (Lipinski definition) is 4. The number of ether oxygens (including phenoxy) is 1. The van der Waals surface area contributed by atoms with Gasteiger partial charge in [0.25, 0.3) is 11.8 Å². The van der Waals surface area contributed by atoms with Crippen LogP contribution in [0.25, 0.3) is 0 Å². The van der Waals surface area contributed by atoms with Crippen molar-refractivity contribution in [1.29, 1.82) is 0 Å². The monoisotopic (exact) mass is 525 g/mol. The van der Waals surface area contributed by atoms with Crippen molar-refractivity contribution < 1.29 is 27.5 Å². The van der Waals surface area contributed by atoms with Gasteiger partial charge in [-0.15, -0.1) is 0 Å². The lowest BCUT2D eigenvalue weighted by molar-refractivity contribution is 0.0712. The van der Waals surface area contributed by atoms with Gasteiger partial charge in [-0.1, -0.05) is 42.0 Å². The van der Waals surface area contributed by atoms with E-state index in [1.165, 1.54) is 10.8 Å². The summed E-state index contributed by atoms with van der Waals surface area (Å²) in [5.74, 6) is -5.05. The van der Waals surface area contributed by atoms with Gasteiger partial charge in [0.15, 0.2) is 11.4 Å². The van der Waals surface area contributed by atoms with Crippen LogP contribution < -0.4 is 15.5 Å². The first-order chi connectivity index (χ1) is 18.2. The number of carbonyl (C=O) groups is 2. The Morgan fingerprint density at radius 1 is 1.05 bits per heavy atom. The first kappa shape index (κ1) is 26.7. The van der Waals surface area contributed by atoms with E-state index in [1.54, 1.807) is 29.2 Å². The zero-order valence-corrected chi connectivity index (χ0v) is 20.9. The Kier molecular flexibility index (Phi) is 7.99. The van der Waals surface area contributed by atoms with Crippen LogP contribution in [0.4, 0.5) is 13.2 Å². The van der Waals surface area contributed by atoms with Crippen LogP contribution in [0.1, 0.15) is 45.8 Å². The second-order valence-corrected chi connectivity index (χ2v) is 9.08. The van der Waals surface area contributed by atoms with Crippen molar-refractivity contribution in [2.75, 3.05) is 13.1 Å². The highest BCUT2D eigenvalue weighted by molar-refractivity contribution is 5.99. The molecule has 10 heteroatoms. The molecule has 0 aliphatic carbocycles. The van der Waals surface area contributed by atoms with Crippen LogP contribution >= 0.6 is 0 Å². The van der Waals surface area contributed by atoms with E-state index in [2.05, 4.69) is 5.32 Å². The molecule has 1 aromatic heterocycles. The number of allylic oxidation sites excluding steroid dienone is 1. The molecule has 7 nitrogen and oxygen atoms in total. The van der Waals surface area contributed by atoms with E-state index in [0.717, 1.165) is 11.1 Å². The molecule has 1 N–H and O–H groups in total. The Balaban J connectivity index is 1.68. The van der Waals surface area contributed by atoms with E-state index < -0.39 is 46.8 Å². The lowest BCUT2D eigenvalue weighted by Gasteiger charge is -2.30. The molecule has 2 heterocycles. The molecule has 4 rings (SSSR count). The third kappa shape index (κ3) is 5.80. The average Bonchev–Trinajstić information content (AvgIpc) is 2.87. The Bertz CT molecular complexity index is 1440. The molecule has 2 aromatic carbocycles. The van der Waals surface area contributed by atoms with Crippen molar-refractivity contribution in [2.24, 2.45) is 0 Å². The molecule has 0 saturated carbocycles. The summed E-state index contributed by atoms with van der Waals surface area (Å²) in [7, 11) is 0. The van der Waals surface area contributed by atoms with E-state index in [-0.39, 0.29) is 23.6 Å². The predicted octanol–water partition coefficient (Wildman–Crippen LogP) is 4.20. The molecule has 198 valence electrons. The maximum Gasteiger partial charge on any atom is 0.274 e. The minimum atomic E-state index is -1.17. The van der Waals surface area contributed by atoms with Crippen LogP contribution in [0.15, 0.2) is 65.1 Å². The molecule has 0 saturated heterocycles. The Morgan fingerprint density at radius 2 is 1.74 bits per heavy atom. The Labute approximate surface area is 217 Å². The first-order valence-corrected chi connectivity index (χ1v) is 11.9. The van der Waals surface area contributed by atoms with Crippen molar-refractivity contribution in [1.82, 2.24) is 14.8 Å². The molecule has 0 radical (unpaired) electrons. The predicted molar refractivity (Wildman–Crippen MR) is 134 cm³/mol. The van der Waals surface area contributed by atoms with E-state index in [1.807, 2.05) is 26.0 Å². The lowest BCUT2D eigenvalue weighted by atomic mass is 10.1. The number of pyridine rings is 1. The second-order valence-electron chi connectivity index (χ2n) is 9.08. The van der Waals surface area contributed by atoms with Crippen LogP contribution in [0.2, 0.25) is 0 Å². The van der Waals surface area contributed by atoms with Crippen molar-refractivity contribution in [3.05, 3.63) is 110 Å². The van der Waals surface area contributed by atoms with Crippen LogP contribution in [0.5, 0.6) is 5.75 Å². The highest BCUT2D eigenvalue weighted by atomic mass is 19.1. The fourth-order valence-corrected chi connectivity index (χ4v) is 4.01. The largest absolute Gasteiger partial charge is 0.483 e. The highest BCUT2D eigenvalue weighted by Crippen LogP contribution is 2.23. The number of nitrogens with zero attached hydrogens (tertiary/aromatic N) is 2. The lowest BCUT2D eigenvalue weighted by Crippen LogP contribution is -2.43. The van der Waals surface area contributed by atoms with E-state index in [4.69, 9.17) is 4.74 Å². The molecular weight excluding hydrogens is 499 g/mol. The summed E-state index contributed by atoms with van der Waals surface area (Å²) in [5, 5.41) is 2.30. The number of carbonyl (C=O) groups excluding carboxylic acids is 2. The fourth-order valence-electron chi connectivity index (χ4n) is 4.01. The number of benzene rings is 2. The molecule has 38 heavy (non-hydrogen) atoms. The normalized spacial score (nSPS) is 12.7. The van der Waals surface area contributed by atoms with Gasteiger partial charge in [0.2, 0.25) is 5.43 Å². The molecule has 0 bridgehead atoms. The van der Waals surface area contributed by atoms with E-state index in [0.29, 0.717) is 31.8 Å². The van der Waals surface area contributed by atoms with Gasteiger partial charge in [-0.05, 0) is 19.4 Å². The van der Waals surface area contributed by atoms with E-state index >= 15 is 0 Å². The minimum Gasteiger partial charge on any atom is -0.483 e. The van der Waals surface area contributed by atoms with Crippen LogP contribution in [0, 0.1) is 17.5 Å². The number of aromatic nitrogens is 1. The van der Waals surface area contributed by atoms with Gasteiger partial charge in [0.1, 0.15) is 29.6 Å². The standard InChI is InChI=1S/C28H26F3N3O4/c1-17(2)8-9-33-10-11-34-15-21(27(36)32-14-20-22(30)12-19(29)13-23(20)31)25(35)26(24(34)28(33)37)38-16-18-6-4-3-5-7-18/h3-8,12-13,15H,9-11,14,16H2,1-2H3,(H,32,36). The quantitative estimate of drug-likeness (QED) is 0.447. The second kappa shape index (κ2) is 11.4. The average molecular weight is 526 g/mol. The number of rotatable bonds is 8. The first-order valence-electron chi connectivity index (χ1n) is 11.9. The third-order valence-corrected chi connectivity index (χ3v) is 6.06. The zero-order valence-electron chi connectivity index (χ0n) is 20.9. The van der Waals surface area contributed by atoms with Crippen molar-refractivity contribution in [2.45, 2.75) is 33.5 Å². The Morgan fingerprint density at radius 3 is 2.39 bits per heavy atom. The number of fused-ring (bicyclic) bond motifs is 1. The number of nitrogens with one attached hydrogen (secondary N) is 1. The number of halogens is 3. The topological polar surface area (TPSA) is 80.6 Å². The van der Waals surface area contributed by atoms with Crippen molar-refractivity contribution >= 4 is 11.8 Å². The van der Waals surface area contributed by atoms with Crippen LogP contribution in [0.3, 0.4) is 0 Å². The summed E-state index contributed by atoms with van der Waals surface area (Å²) in [6.07, 6.45) is 3.14. The molecule has 1 aliphatic heterocycles. The highest BCUT2D eigenvalue weighted by Gasteiger charge is 2.31. The molecule has 0 fully saturated rings. The SMILES string of the molecule is CC(C)=CCN1CCn2cc(C(=O)NCc3c(F)cc(F)cc3F)c(=O)c(OCc3ccccc3)c2C1=O. The molecular formula is C28H26F3N3O4. The smallest absolute Gasteiger partial charge is 0.274 e. The Hall–Kier alpha value is -4.34. The van der Waals surface area contributed by atoms with E-state index in [9.17, 15) is 27.6 Å². The third-order valence-electron chi connectivity index (χ3n) is 6.06.